The molecule has 0 aliphatic heterocycles. The molecule has 0 saturated heterocycles. The summed E-state index contributed by atoms with van der Waals surface area (Å²) in [7, 11) is 1.65. The molecular formula is C15H16O2. The number of methoxy groups -OCH3 is 1. The van der Waals surface area contributed by atoms with Gasteiger partial charge >= 0.3 is 0 Å². The Morgan fingerprint density at radius 3 is 2.29 bits per heavy atom. The maximum Gasteiger partial charge on any atom is 0.169 e. The lowest BCUT2D eigenvalue weighted by atomic mass is 10.2. The van der Waals surface area contributed by atoms with E-state index >= 15 is 0 Å². The summed E-state index contributed by atoms with van der Waals surface area (Å²) in [6.07, 6.45) is 0. The molecule has 2 aromatic rings. The third-order valence-electron chi connectivity index (χ3n) is 2.54. The highest BCUT2D eigenvalue weighted by molar-refractivity contribution is 5.45. The predicted octanol–water partition coefficient (Wildman–Crippen LogP) is 4.10. The van der Waals surface area contributed by atoms with Gasteiger partial charge in [-0.15, -0.1) is 0 Å². The molecule has 0 unspecified atom stereocenters. The van der Waals surface area contributed by atoms with Crippen LogP contribution in [0.4, 0.5) is 0 Å². The number of ether oxygens (including phenoxy) is 2. The Balaban J connectivity index is 2.32. The third-order valence-corrected chi connectivity index (χ3v) is 2.54. The molecule has 0 bridgehead atoms. The minimum absolute atomic E-state index is 0.747. The quantitative estimate of drug-likeness (QED) is 0.787. The largest absolute Gasteiger partial charge is 0.493 e. The third kappa shape index (κ3) is 2.78. The summed E-state index contributed by atoms with van der Waals surface area (Å²) >= 11 is 0. The standard InChI is InChI=1S/C15H16O2/c1-11-5-4-6-13(9-11)17-15-10-12(2)7-8-14(15)16-3/h4-10H,1-3H3. The lowest BCUT2D eigenvalue weighted by Crippen LogP contribution is -1.91. The van der Waals surface area contributed by atoms with Crippen molar-refractivity contribution in [1.29, 1.82) is 0 Å². The van der Waals surface area contributed by atoms with E-state index in [0.717, 1.165) is 22.8 Å². The molecule has 0 saturated carbocycles. The Kier molecular flexibility index (Phi) is 3.33. The van der Waals surface area contributed by atoms with E-state index in [-0.39, 0.29) is 0 Å². The van der Waals surface area contributed by atoms with Crippen molar-refractivity contribution in [3.8, 4) is 17.2 Å². The van der Waals surface area contributed by atoms with Gasteiger partial charge in [-0.25, -0.2) is 0 Å². The van der Waals surface area contributed by atoms with Crippen LogP contribution in [0.1, 0.15) is 11.1 Å². The van der Waals surface area contributed by atoms with Crippen molar-refractivity contribution < 1.29 is 9.47 Å². The van der Waals surface area contributed by atoms with E-state index < -0.39 is 0 Å². The highest BCUT2D eigenvalue weighted by atomic mass is 16.5. The van der Waals surface area contributed by atoms with Gasteiger partial charge in [-0.2, -0.15) is 0 Å². The molecule has 17 heavy (non-hydrogen) atoms. The first-order chi connectivity index (χ1) is 8.19. The fourth-order valence-electron chi connectivity index (χ4n) is 1.67. The van der Waals surface area contributed by atoms with E-state index in [2.05, 4.69) is 0 Å². The zero-order valence-electron chi connectivity index (χ0n) is 10.4. The molecule has 0 aliphatic carbocycles. The van der Waals surface area contributed by atoms with Gasteiger partial charge in [-0.05, 0) is 49.2 Å². The molecule has 0 N–H and O–H groups in total. The van der Waals surface area contributed by atoms with Gasteiger partial charge in [0.25, 0.3) is 0 Å². The Morgan fingerprint density at radius 1 is 0.824 bits per heavy atom. The Bertz CT molecular complexity index is 518. The van der Waals surface area contributed by atoms with E-state index in [1.54, 1.807) is 7.11 Å². The summed E-state index contributed by atoms with van der Waals surface area (Å²) < 4.78 is 11.1. The lowest BCUT2D eigenvalue weighted by Gasteiger charge is -2.11. The molecule has 0 atom stereocenters. The fraction of sp³-hybridized carbons (Fsp3) is 0.200. The minimum Gasteiger partial charge on any atom is -0.493 e. The van der Waals surface area contributed by atoms with Crippen LogP contribution in [0, 0.1) is 13.8 Å². The van der Waals surface area contributed by atoms with Gasteiger partial charge in [0.15, 0.2) is 11.5 Å². The normalized spacial score (nSPS) is 10.1. The van der Waals surface area contributed by atoms with Crippen molar-refractivity contribution in [2.24, 2.45) is 0 Å². The van der Waals surface area contributed by atoms with Crippen LogP contribution >= 0.6 is 0 Å². The van der Waals surface area contributed by atoms with E-state index in [4.69, 9.17) is 9.47 Å². The molecule has 2 heteroatoms. The molecule has 0 aliphatic rings. The van der Waals surface area contributed by atoms with Gasteiger partial charge in [-0.1, -0.05) is 18.2 Å². The zero-order chi connectivity index (χ0) is 12.3. The van der Waals surface area contributed by atoms with E-state index in [1.807, 2.05) is 56.3 Å². The molecule has 2 rings (SSSR count). The Morgan fingerprint density at radius 2 is 1.59 bits per heavy atom. The smallest absolute Gasteiger partial charge is 0.169 e. The first kappa shape index (κ1) is 11.5. The second-order valence-corrected chi connectivity index (χ2v) is 4.07. The lowest BCUT2D eigenvalue weighted by molar-refractivity contribution is 0.378. The molecule has 88 valence electrons. The molecule has 2 nitrogen and oxygen atoms in total. The molecule has 0 amide bonds. The highest BCUT2D eigenvalue weighted by Crippen LogP contribution is 2.32. The van der Waals surface area contributed by atoms with Gasteiger partial charge in [0.1, 0.15) is 5.75 Å². The average Bonchev–Trinajstić information content (AvgIpc) is 2.29. The van der Waals surface area contributed by atoms with Gasteiger partial charge in [0.2, 0.25) is 0 Å². The van der Waals surface area contributed by atoms with Crippen LogP contribution < -0.4 is 9.47 Å². The second kappa shape index (κ2) is 4.91. The molecule has 0 heterocycles. The zero-order valence-corrected chi connectivity index (χ0v) is 10.4. The van der Waals surface area contributed by atoms with Crippen molar-refractivity contribution >= 4 is 0 Å². The summed E-state index contributed by atoms with van der Waals surface area (Å²) in [5, 5.41) is 0. The molecule has 2 aromatic carbocycles. The molecule has 0 spiro atoms. The van der Waals surface area contributed by atoms with Gasteiger partial charge < -0.3 is 9.47 Å². The van der Waals surface area contributed by atoms with Crippen molar-refractivity contribution in [2.75, 3.05) is 7.11 Å². The van der Waals surface area contributed by atoms with Crippen LogP contribution in [0.3, 0.4) is 0 Å². The molecule has 0 fully saturated rings. The predicted molar refractivity (Wildman–Crippen MR) is 69.0 cm³/mol. The number of hydrogen-bond donors (Lipinski definition) is 0. The van der Waals surface area contributed by atoms with Crippen molar-refractivity contribution in [1.82, 2.24) is 0 Å². The minimum atomic E-state index is 0.747. The van der Waals surface area contributed by atoms with Crippen LogP contribution in [-0.2, 0) is 0 Å². The van der Waals surface area contributed by atoms with Gasteiger partial charge in [0.05, 0.1) is 7.11 Å². The van der Waals surface area contributed by atoms with Gasteiger partial charge in [-0.3, -0.25) is 0 Å². The molecular weight excluding hydrogens is 212 g/mol. The molecule has 0 aromatic heterocycles. The number of rotatable bonds is 3. The number of benzene rings is 2. The van der Waals surface area contributed by atoms with Crippen LogP contribution in [-0.4, -0.2) is 7.11 Å². The van der Waals surface area contributed by atoms with E-state index in [1.165, 1.54) is 5.56 Å². The average molecular weight is 228 g/mol. The summed E-state index contributed by atoms with van der Waals surface area (Å²) in [6, 6.07) is 13.9. The fourth-order valence-corrected chi connectivity index (χ4v) is 1.67. The SMILES string of the molecule is COc1ccc(C)cc1Oc1cccc(C)c1. The topological polar surface area (TPSA) is 18.5 Å². The van der Waals surface area contributed by atoms with Gasteiger partial charge in [0, 0.05) is 0 Å². The van der Waals surface area contributed by atoms with Crippen molar-refractivity contribution in [3.63, 3.8) is 0 Å². The van der Waals surface area contributed by atoms with Crippen LogP contribution in [0.15, 0.2) is 42.5 Å². The van der Waals surface area contributed by atoms with Crippen LogP contribution in [0.25, 0.3) is 0 Å². The maximum atomic E-state index is 5.84. The van der Waals surface area contributed by atoms with E-state index in [0.29, 0.717) is 0 Å². The van der Waals surface area contributed by atoms with E-state index in [9.17, 15) is 0 Å². The summed E-state index contributed by atoms with van der Waals surface area (Å²) in [5.41, 5.74) is 2.32. The van der Waals surface area contributed by atoms with Crippen molar-refractivity contribution in [2.45, 2.75) is 13.8 Å². The maximum absolute atomic E-state index is 5.84. The second-order valence-electron chi connectivity index (χ2n) is 4.07. The molecule has 0 radical (unpaired) electrons. The Hall–Kier alpha value is -1.96. The number of aryl methyl sites for hydroxylation is 2. The summed E-state index contributed by atoms with van der Waals surface area (Å²) in [5.74, 6) is 2.32. The van der Waals surface area contributed by atoms with Crippen molar-refractivity contribution in [3.05, 3.63) is 53.6 Å². The monoisotopic (exact) mass is 228 g/mol. The highest BCUT2D eigenvalue weighted by Gasteiger charge is 2.05. The summed E-state index contributed by atoms with van der Waals surface area (Å²) in [4.78, 5) is 0. The first-order valence-corrected chi connectivity index (χ1v) is 5.58. The summed E-state index contributed by atoms with van der Waals surface area (Å²) in [6.45, 7) is 4.07. The number of hydrogen-bond acceptors (Lipinski definition) is 2. The van der Waals surface area contributed by atoms with Crippen LogP contribution in [0.2, 0.25) is 0 Å². The van der Waals surface area contributed by atoms with Crippen LogP contribution in [0.5, 0.6) is 17.2 Å². The first-order valence-electron chi connectivity index (χ1n) is 5.58. The Labute approximate surface area is 102 Å².